The van der Waals surface area contributed by atoms with Crippen molar-refractivity contribution in [2.45, 2.75) is 19.4 Å². The van der Waals surface area contributed by atoms with E-state index in [0.29, 0.717) is 0 Å². The number of aliphatic hydroxyl groups excluding tert-OH is 1. The molecular formula is C15H24FN3O. The van der Waals surface area contributed by atoms with Crippen LogP contribution in [0.3, 0.4) is 0 Å². The van der Waals surface area contributed by atoms with Crippen LogP contribution in [-0.2, 0) is 0 Å². The molecule has 0 saturated carbocycles. The molecule has 1 saturated heterocycles. The number of hydrogen-bond acceptors (Lipinski definition) is 4. The molecule has 0 amide bonds. The lowest BCUT2D eigenvalue weighted by Gasteiger charge is -2.27. The van der Waals surface area contributed by atoms with Gasteiger partial charge in [0.25, 0.3) is 0 Å². The third-order valence-corrected chi connectivity index (χ3v) is 3.83. The molecule has 1 aliphatic heterocycles. The molecule has 2 rings (SSSR count). The van der Waals surface area contributed by atoms with Crippen molar-refractivity contribution in [3.05, 3.63) is 29.6 Å². The highest BCUT2D eigenvalue weighted by molar-refractivity contribution is 5.55. The lowest BCUT2D eigenvalue weighted by molar-refractivity contribution is 0.204. The van der Waals surface area contributed by atoms with E-state index < -0.39 is 0 Å². The van der Waals surface area contributed by atoms with Gasteiger partial charge in [-0.25, -0.2) is 4.39 Å². The van der Waals surface area contributed by atoms with Crippen molar-refractivity contribution in [3.63, 3.8) is 0 Å². The average Bonchev–Trinajstić information content (AvgIpc) is 2.65. The van der Waals surface area contributed by atoms with Gasteiger partial charge < -0.3 is 15.7 Å². The molecule has 20 heavy (non-hydrogen) atoms. The molecule has 0 radical (unpaired) electrons. The maximum Gasteiger partial charge on any atom is 0.123 e. The van der Waals surface area contributed by atoms with Crippen molar-refractivity contribution in [1.29, 1.82) is 0 Å². The zero-order valence-corrected chi connectivity index (χ0v) is 12.1. The summed E-state index contributed by atoms with van der Waals surface area (Å²) in [4.78, 5) is 4.53. The highest BCUT2D eigenvalue weighted by atomic mass is 19.1. The third kappa shape index (κ3) is 3.69. The highest BCUT2D eigenvalue weighted by Crippen LogP contribution is 2.27. The van der Waals surface area contributed by atoms with Crippen LogP contribution in [0.4, 0.5) is 10.1 Å². The quantitative estimate of drug-likeness (QED) is 0.875. The molecule has 0 bridgehead atoms. The van der Waals surface area contributed by atoms with Crippen LogP contribution in [0.15, 0.2) is 18.2 Å². The SMILES string of the molecule is C[C@@H](N)c1cc(F)ccc1N1CCCN(CCO)CC1. The summed E-state index contributed by atoms with van der Waals surface area (Å²) in [5.41, 5.74) is 7.86. The van der Waals surface area contributed by atoms with Crippen LogP contribution >= 0.6 is 0 Å². The molecule has 0 spiro atoms. The Bertz CT molecular complexity index is 439. The lowest BCUT2D eigenvalue weighted by Crippen LogP contribution is -2.33. The van der Waals surface area contributed by atoms with E-state index in [0.717, 1.165) is 50.4 Å². The maximum absolute atomic E-state index is 13.4. The Morgan fingerprint density at radius 2 is 2.10 bits per heavy atom. The first-order chi connectivity index (χ1) is 9.61. The summed E-state index contributed by atoms with van der Waals surface area (Å²) in [6.45, 7) is 6.52. The smallest absolute Gasteiger partial charge is 0.123 e. The number of β-amino-alcohol motifs (C(OH)–C–C–N with tert-alkyl or cyclic N) is 1. The predicted octanol–water partition coefficient (Wildman–Crippen LogP) is 1.35. The number of rotatable bonds is 4. The van der Waals surface area contributed by atoms with Crippen molar-refractivity contribution < 1.29 is 9.50 Å². The van der Waals surface area contributed by atoms with Gasteiger partial charge in [-0.3, -0.25) is 4.90 Å². The summed E-state index contributed by atoms with van der Waals surface area (Å²) in [6.07, 6.45) is 1.04. The van der Waals surface area contributed by atoms with Gasteiger partial charge in [0.05, 0.1) is 6.61 Å². The van der Waals surface area contributed by atoms with Gasteiger partial charge in [-0.05, 0) is 43.7 Å². The van der Waals surface area contributed by atoms with E-state index in [9.17, 15) is 4.39 Å². The Labute approximate surface area is 120 Å². The minimum atomic E-state index is -0.238. The lowest BCUT2D eigenvalue weighted by atomic mass is 10.1. The third-order valence-electron chi connectivity index (χ3n) is 3.83. The molecule has 5 heteroatoms. The second kappa shape index (κ2) is 7.02. The van der Waals surface area contributed by atoms with E-state index in [1.165, 1.54) is 12.1 Å². The Balaban J connectivity index is 2.15. The van der Waals surface area contributed by atoms with Crippen molar-refractivity contribution in [3.8, 4) is 0 Å². The van der Waals surface area contributed by atoms with Crippen LogP contribution in [0.2, 0.25) is 0 Å². The zero-order chi connectivity index (χ0) is 14.5. The number of aliphatic hydroxyl groups is 1. The molecule has 1 aromatic rings. The molecule has 0 aliphatic carbocycles. The van der Waals surface area contributed by atoms with Crippen LogP contribution in [-0.4, -0.2) is 49.3 Å². The first kappa shape index (κ1) is 15.2. The molecule has 112 valence electrons. The van der Waals surface area contributed by atoms with Crippen LogP contribution in [0.1, 0.15) is 24.9 Å². The van der Waals surface area contributed by atoms with Gasteiger partial charge in [-0.1, -0.05) is 0 Å². The Morgan fingerprint density at radius 3 is 2.80 bits per heavy atom. The predicted molar refractivity (Wildman–Crippen MR) is 79.4 cm³/mol. The number of halogens is 1. The molecule has 1 aromatic carbocycles. The van der Waals surface area contributed by atoms with E-state index in [1.54, 1.807) is 0 Å². The normalized spacial score (nSPS) is 18.9. The minimum absolute atomic E-state index is 0.183. The van der Waals surface area contributed by atoms with Gasteiger partial charge in [0.2, 0.25) is 0 Å². The van der Waals surface area contributed by atoms with Gasteiger partial charge >= 0.3 is 0 Å². The van der Waals surface area contributed by atoms with Crippen LogP contribution in [0.5, 0.6) is 0 Å². The largest absolute Gasteiger partial charge is 0.395 e. The number of benzene rings is 1. The molecule has 1 heterocycles. The Hall–Kier alpha value is -1.17. The summed E-state index contributed by atoms with van der Waals surface area (Å²) < 4.78 is 13.4. The standard InChI is InChI=1S/C15H24FN3O/c1-12(17)14-11-13(16)3-4-15(14)19-6-2-5-18(7-8-19)9-10-20/h3-4,11-12,20H,2,5-10,17H2,1H3/t12-/m1/s1. The summed E-state index contributed by atoms with van der Waals surface area (Å²) in [6, 6.07) is 4.68. The number of anilines is 1. The van der Waals surface area contributed by atoms with Gasteiger partial charge in [-0.2, -0.15) is 0 Å². The highest BCUT2D eigenvalue weighted by Gasteiger charge is 2.18. The van der Waals surface area contributed by atoms with Crippen LogP contribution in [0, 0.1) is 5.82 Å². The van der Waals surface area contributed by atoms with E-state index in [4.69, 9.17) is 10.8 Å². The van der Waals surface area contributed by atoms with E-state index in [2.05, 4.69) is 9.80 Å². The van der Waals surface area contributed by atoms with E-state index in [1.807, 2.05) is 13.0 Å². The summed E-state index contributed by atoms with van der Waals surface area (Å²) in [5, 5.41) is 9.03. The second-order valence-electron chi connectivity index (χ2n) is 5.40. The molecule has 1 aliphatic rings. The molecule has 0 aromatic heterocycles. The molecule has 1 atom stereocenters. The Kier molecular flexibility index (Phi) is 5.34. The van der Waals surface area contributed by atoms with Crippen molar-refractivity contribution >= 4 is 5.69 Å². The number of nitrogens with two attached hydrogens (primary N) is 1. The van der Waals surface area contributed by atoms with Crippen LogP contribution in [0.25, 0.3) is 0 Å². The molecule has 0 unspecified atom stereocenters. The number of nitrogens with zero attached hydrogens (tertiary/aromatic N) is 2. The first-order valence-electron chi connectivity index (χ1n) is 7.25. The summed E-state index contributed by atoms with van der Waals surface area (Å²) in [5.74, 6) is -0.238. The topological polar surface area (TPSA) is 52.7 Å². The van der Waals surface area contributed by atoms with Gasteiger partial charge in [0.15, 0.2) is 0 Å². The van der Waals surface area contributed by atoms with Crippen molar-refractivity contribution in [2.24, 2.45) is 5.73 Å². The van der Waals surface area contributed by atoms with Crippen LogP contribution < -0.4 is 10.6 Å². The first-order valence-corrected chi connectivity index (χ1v) is 7.25. The molecule has 1 fully saturated rings. The summed E-state index contributed by atoms with van der Waals surface area (Å²) in [7, 11) is 0. The fourth-order valence-electron chi connectivity index (χ4n) is 2.75. The average molecular weight is 281 g/mol. The second-order valence-corrected chi connectivity index (χ2v) is 5.40. The van der Waals surface area contributed by atoms with Crippen molar-refractivity contribution in [1.82, 2.24) is 4.90 Å². The Morgan fingerprint density at radius 1 is 1.30 bits per heavy atom. The van der Waals surface area contributed by atoms with Gasteiger partial charge in [-0.15, -0.1) is 0 Å². The van der Waals surface area contributed by atoms with E-state index >= 15 is 0 Å². The molecule has 4 nitrogen and oxygen atoms in total. The van der Waals surface area contributed by atoms with Crippen molar-refractivity contribution in [2.75, 3.05) is 44.2 Å². The monoisotopic (exact) mass is 281 g/mol. The van der Waals surface area contributed by atoms with Gasteiger partial charge in [0.1, 0.15) is 5.82 Å². The maximum atomic E-state index is 13.4. The minimum Gasteiger partial charge on any atom is -0.395 e. The van der Waals surface area contributed by atoms with Gasteiger partial charge in [0, 0.05) is 37.9 Å². The fourth-order valence-corrected chi connectivity index (χ4v) is 2.75. The molecule has 3 N–H and O–H groups in total. The number of hydrogen-bond donors (Lipinski definition) is 2. The summed E-state index contributed by atoms with van der Waals surface area (Å²) >= 11 is 0. The van der Waals surface area contributed by atoms with E-state index in [-0.39, 0.29) is 18.5 Å². The zero-order valence-electron chi connectivity index (χ0n) is 12.1. The fraction of sp³-hybridized carbons (Fsp3) is 0.600. The molecular weight excluding hydrogens is 257 g/mol.